The van der Waals surface area contributed by atoms with E-state index in [4.69, 9.17) is 4.74 Å². The third-order valence-electron chi connectivity index (χ3n) is 9.47. The van der Waals surface area contributed by atoms with Crippen LogP contribution in [0.2, 0.25) is 0 Å². The second kappa shape index (κ2) is 7.24. The summed E-state index contributed by atoms with van der Waals surface area (Å²) in [5, 5.41) is 0. The minimum atomic E-state index is -0.402. The van der Waals surface area contributed by atoms with Crippen LogP contribution in [-0.2, 0) is 14.3 Å². The molecule has 1 unspecified atom stereocenters. The molecule has 5 aliphatic rings. The summed E-state index contributed by atoms with van der Waals surface area (Å²) >= 11 is 0. The number of rotatable bonds is 2. The van der Waals surface area contributed by atoms with Crippen LogP contribution < -0.4 is 0 Å². The molecule has 164 valence electrons. The van der Waals surface area contributed by atoms with Gasteiger partial charge in [-0.2, -0.15) is 0 Å². The van der Waals surface area contributed by atoms with Crippen LogP contribution in [0.25, 0.3) is 0 Å². The van der Waals surface area contributed by atoms with E-state index in [1.54, 1.807) is 5.57 Å². The molecule has 0 aromatic heterocycles. The number of hydrogen-bond donors (Lipinski definition) is 0. The molecule has 4 nitrogen and oxygen atoms in total. The lowest BCUT2D eigenvalue weighted by Crippen LogP contribution is -2.48. The van der Waals surface area contributed by atoms with Crippen LogP contribution in [0.1, 0.15) is 84.5 Å². The second-order valence-corrected chi connectivity index (χ2v) is 11.0. The van der Waals surface area contributed by atoms with Gasteiger partial charge in [-0.15, -0.1) is 0 Å². The molecule has 5 atom stereocenters. The summed E-state index contributed by atoms with van der Waals surface area (Å²) in [6.07, 6.45) is 14.8. The van der Waals surface area contributed by atoms with Gasteiger partial charge in [0.1, 0.15) is 6.04 Å². The first-order chi connectivity index (χ1) is 14.4. The highest BCUT2D eigenvalue weighted by Gasteiger charge is 2.56. The largest absolute Gasteiger partial charge is 0.467 e. The van der Waals surface area contributed by atoms with Gasteiger partial charge in [0.25, 0.3) is 5.91 Å². The molecule has 4 aliphatic carbocycles. The van der Waals surface area contributed by atoms with E-state index < -0.39 is 6.04 Å². The Bertz CT molecular complexity index is 826. The lowest BCUT2D eigenvalue weighted by molar-refractivity contribution is -0.150. The SMILES string of the molecule is COC(=O)C1CCCN1C(=O)C1=C2[C@@H](CCC3=CCCC[C@@]32C)[C@@H]2CCC[C@@]2(C)C1. The third kappa shape index (κ3) is 2.85. The summed E-state index contributed by atoms with van der Waals surface area (Å²) in [5.74, 6) is 1.16. The van der Waals surface area contributed by atoms with Gasteiger partial charge in [-0.3, -0.25) is 4.79 Å². The summed E-state index contributed by atoms with van der Waals surface area (Å²) in [7, 11) is 1.44. The summed E-state index contributed by atoms with van der Waals surface area (Å²) < 4.78 is 5.05. The van der Waals surface area contributed by atoms with Crippen molar-refractivity contribution in [3.05, 3.63) is 22.8 Å². The van der Waals surface area contributed by atoms with Gasteiger partial charge in [0, 0.05) is 17.5 Å². The molecule has 1 amide bonds. The van der Waals surface area contributed by atoms with Crippen LogP contribution in [0.3, 0.4) is 0 Å². The van der Waals surface area contributed by atoms with E-state index in [1.165, 1.54) is 64.0 Å². The average Bonchev–Trinajstić information content (AvgIpc) is 3.38. The van der Waals surface area contributed by atoms with Crippen molar-refractivity contribution < 1.29 is 14.3 Å². The number of amides is 1. The Morgan fingerprint density at radius 2 is 1.93 bits per heavy atom. The Morgan fingerprint density at radius 3 is 2.73 bits per heavy atom. The van der Waals surface area contributed by atoms with Crippen molar-refractivity contribution in [1.29, 1.82) is 0 Å². The van der Waals surface area contributed by atoms with Crippen molar-refractivity contribution in [2.75, 3.05) is 13.7 Å². The molecule has 5 rings (SSSR count). The smallest absolute Gasteiger partial charge is 0.328 e. The molecular formula is C26H37NO3. The number of carbonyl (C=O) groups excluding carboxylic acids is 2. The topological polar surface area (TPSA) is 46.6 Å². The zero-order chi connectivity index (χ0) is 21.1. The Hall–Kier alpha value is -1.58. The Kier molecular flexibility index (Phi) is 4.91. The number of methoxy groups -OCH3 is 1. The van der Waals surface area contributed by atoms with Gasteiger partial charge in [-0.25, -0.2) is 4.79 Å². The fourth-order valence-corrected chi connectivity index (χ4v) is 8.05. The van der Waals surface area contributed by atoms with Crippen LogP contribution in [-0.4, -0.2) is 36.5 Å². The zero-order valence-electron chi connectivity index (χ0n) is 19.0. The number of fused-ring (bicyclic) bond motifs is 5. The minimum Gasteiger partial charge on any atom is -0.467 e. The highest BCUT2D eigenvalue weighted by atomic mass is 16.5. The zero-order valence-corrected chi connectivity index (χ0v) is 19.0. The number of likely N-dealkylation sites (tertiary alicyclic amines) is 1. The number of ether oxygens (including phenoxy) is 1. The van der Waals surface area contributed by atoms with E-state index >= 15 is 0 Å². The van der Waals surface area contributed by atoms with Crippen LogP contribution >= 0.6 is 0 Å². The number of allylic oxidation sites excluding steroid dienone is 3. The van der Waals surface area contributed by atoms with Crippen molar-refractivity contribution in [1.82, 2.24) is 4.90 Å². The normalized spacial score (nSPS) is 40.4. The number of hydrogen-bond acceptors (Lipinski definition) is 3. The molecule has 0 bridgehead atoms. The summed E-state index contributed by atoms with van der Waals surface area (Å²) in [4.78, 5) is 28.3. The fourth-order valence-electron chi connectivity index (χ4n) is 8.05. The predicted molar refractivity (Wildman–Crippen MR) is 117 cm³/mol. The van der Waals surface area contributed by atoms with Crippen molar-refractivity contribution in [3.8, 4) is 0 Å². The monoisotopic (exact) mass is 411 g/mol. The van der Waals surface area contributed by atoms with Gasteiger partial charge < -0.3 is 9.64 Å². The number of nitrogens with zero attached hydrogens (tertiary/aromatic N) is 1. The average molecular weight is 412 g/mol. The molecular weight excluding hydrogens is 374 g/mol. The van der Waals surface area contributed by atoms with Crippen LogP contribution in [0.4, 0.5) is 0 Å². The molecule has 1 aliphatic heterocycles. The highest BCUT2D eigenvalue weighted by molar-refractivity contribution is 5.98. The summed E-state index contributed by atoms with van der Waals surface area (Å²) in [6, 6.07) is -0.402. The fraction of sp³-hybridized carbons (Fsp3) is 0.769. The molecule has 0 aromatic carbocycles. The number of esters is 1. The van der Waals surface area contributed by atoms with E-state index in [-0.39, 0.29) is 22.7 Å². The van der Waals surface area contributed by atoms with Crippen molar-refractivity contribution in [3.63, 3.8) is 0 Å². The highest BCUT2D eigenvalue weighted by Crippen LogP contribution is 2.65. The van der Waals surface area contributed by atoms with Gasteiger partial charge in [-0.1, -0.05) is 31.9 Å². The molecule has 0 radical (unpaired) electrons. The van der Waals surface area contributed by atoms with Crippen molar-refractivity contribution in [2.45, 2.75) is 90.5 Å². The van der Waals surface area contributed by atoms with Crippen LogP contribution in [0.15, 0.2) is 22.8 Å². The second-order valence-electron chi connectivity index (χ2n) is 11.0. The van der Waals surface area contributed by atoms with Crippen LogP contribution in [0, 0.1) is 22.7 Å². The standard InChI is InChI=1S/C26H37NO3/c1-25-13-6-9-20(25)18-12-11-17-8-4-5-14-26(17,2)22(18)19(16-25)23(28)27-15-7-10-21(27)24(29)30-3/h8,18,20-21H,4-7,9-16H2,1-3H3/t18-,20-,21?,25-,26-/m0/s1. The molecule has 1 saturated heterocycles. The lowest BCUT2D eigenvalue weighted by atomic mass is 9.50. The molecule has 0 N–H and O–H groups in total. The minimum absolute atomic E-state index is 0.0521. The molecule has 1 heterocycles. The molecule has 30 heavy (non-hydrogen) atoms. The Labute approximate surface area is 181 Å². The third-order valence-corrected chi connectivity index (χ3v) is 9.47. The number of carbonyl (C=O) groups is 2. The van der Waals surface area contributed by atoms with E-state index in [2.05, 4.69) is 19.9 Å². The van der Waals surface area contributed by atoms with Crippen molar-refractivity contribution in [2.24, 2.45) is 22.7 Å². The maximum atomic E-state index is 14.1. The Morgan fingerprint density at radius 1 is 1.10 bits per heavy atom. The summed E-state index contributed by atoms with van der Waals surface area (Å²) in [5.41, 5.74) is 4.43. The lowest BCUT2D eigenvalue weighted by Gasteiger charge is -2.54. The molecule has 0 aromatic rings. The molecule has 2 saturated carbocycles. The van der Waals surface area contributed by atoms with Crippen LogP contribution in [0.5, 0.6) is 0 Å². The Balaban J connectivity index is 1.62. The molecule has 4 heteroatoms. The first-order valence-electron chi connectivity index (χ1n) is 12.2. The summed E-state index contributed by atoms with van der Waals surface area (Å²) in [6.45, 7) is 5.54. The molecule has 0 spiro atoms. The van der Waals surface area contributed by atoms with E-state index in [1.807, 2.05) is 4.90 Å². The van der Waals surface area contributed by atoms with E-state index in [9.17, 15) is 9.59 Å². The van der Waals surface area contributed by atoms with Gasteiger partial charge in [0.05, 0.1) is 7.11 Å². The van der Waals surface area contributed by atoms with Gasteiger partial charge in [0.2, 0.25) is 0 Å². The first kappa shape index (κ1) is 20.3. The van der Waals surface area contributed by atoms with Gasteiger partial charge in [0.15, 0.2) is 0 Å². The maximum absolute atomic E-state index is 14.1. The molecule has 3 fully saturated rings. The van der Waals surface area contributed by atoms with Gasteiger partial charge >= 0.3 is 5.97 Å². The first-order valence-corrected chi connectivity index (χ1v) is 12.2. The van der Waals surface area contributed by atoms with E-state index in [0.29, 0.717) is 12.5 Å². The predicted octanol–water partition coefficient (Wildman–Crippen LogP) is 5.18. The van der Waals surface area contributed by atoms with Crippen molar-refractivity contribution >= 4 is 11.9 Å². The maximum Gasteiger partial charge on any atom is 0.328 e. The quantitative estimate of drug-likeness (QED) is 0.464. The van der Waals surface area contributed by atoms with E-state index in [0.717, 1.165) is 30.8 Å². The van der Waals surface area contributed by atoms with Gasteiger partial charge in [-0.05, 0) is 87.0 Å².